The predicted molar refractivity (Wildman–Crippen MR) is 273 cm³/mol. The molecule has 3 N–H and O–H groups in total. The van der Waals surface area contributed by atoms with Crippen molar-refractivity contribution < 1.29 is 24.5 Å². The van der Waals surface area contributed by atoms with Crippen LogP contribution in [0, 0.1) is 0 Å². The highest BCUT2D eigenvalue weighted by atomic mass is 16.5. The van der Waals surface area contributed by atoms with Gasteiger partial charge in [-0.25, -0.2) is 0 Å². The maximum Gasteiger partial charge on any atom is 0.306 e. The molecule has 0 spiro atoms. The van der Waals surface area contributed by atoms with Crippen molar-refractivity contribution in [2.75, 3.05) is 6.61 Å². The minimum absolute atomic E-state index is 0.0439. The number of esters is 1. The van der Waals surface area contributed by atoms with Crippen LogP contribution in [0.4, 0.5) is 0 Å². The predicted octanol–water partition coefficient (Wildman–Crippen LogP) is 16.2. The van der Waals surface area contributed by atoms with E-state index in [0.717, 1.165) is 89.9 Å². The summed E-state index contributed by atoms with van der Waals surface area (Å²) in [4.78, 5) is 26.2. The molecule has 3 unspecified atom stereocenters. The number of aliphatic hydroxyl groups excluding tert-OH is 2. The van der Waals surface area contributed by atoms with Gasteiger partial charge in [-0.2, -0.15) is 0 Å². The Labute approximate surface area is 390 Å². The van der Waals surface area contributed by atoms with Gasteiger partial charge in [-0.05, 0) is 77.0 Å². The van der Waals surface area contributed by atoms with Crippen LogP contribution in [0.5, 0.6) is 0 Å². The van der Waals surface area contributed by atoms with Crippen LogP contribution in [-0.2, 0) is 14.3 Å². The van der Waals surface area contributed by atoms with E-state index in [4.69, 9.17) is 4.74 Å². The lowest BCUT2D eigenvalue weighted by molar-refractivity contribution is -0.151. The minimum Gasteiger partial charge on any atom is -0.462 e. The van der Waals surface area contributed by atoms with E-state index < -0.39 is 18.2 Å². The number of hydrogen-bond acceptors (Lipinski definition) is 5. The Morgan fingerprint density at radius 1 is 0.460 bits per heavy atom. The number of hydrogen-bond donors (Lipinski definition) is 3. The third kappa shape index (κ3) is 45.7. The molecule has 1 amide bonds. The molecule has 0 aliphatic carbocycles. The van der Waals surface area contributed by atoms with Gasteiger partial charge in [0.25, 0.3) is 0 Å². The summed E-state index contributed by atoms with van der Waals surface area (Å²) in [6.45, 7) is 6.43. The average molecular weight is 880 g/mol. The summed E-state index contributed by atoms with van der Waals surface area (Å²) in [6, 6.07) is -0.719. The van der Waals surface area contributed by atoms with Crippen molar-refractivity contribution >= 4 is 11.9 Å². The first-order valence-electron chi connectivity index (χ1n) is 26.7. The molecule has 0 fully saturated rings. The maximum atomic E-state index is 13.2. The molecule has 6 heteroatoms. The van der Waals surface area contributed by atoms with Gasteiger partial charge in [0.1, 0.15) is 6.10 Å². The Morgan fingerprint density at radius 2 is 0.810 bits per heavy atom. The molecular weight excluding hydrogens is 779 g/mol. The van der Waals surface area contributed by atoms with Crippen LogP contribution in [-0.4, -0.2) is 46.9 Å². The van der Waals surface area contributed by atoms with E-state index in [2.05, 4.69) is 99.0 Å². The molecule has 0 bridgehead atoms. The Hall–Kier alpha value is -2.70. The second kappa shape index (κ2) is 50.3. The lowest BCUT2D eigenvalue weighted by atomic mass is 10.0. The Bertz CT molecular complexity index is 1170. The first kappa shape index (κ1) is 60.3. The highest BCUT2D eigenvalue weighted by molar-refractivity contribution is 5.77. The Kier molecular flexibility index (Phi) is 48.1. The first-order valence-corrected chi connectivity index (χ1v) is 26.7. The zero-order chi connectivity index (χ0) is 45.9. The van der Waals surface area contributed by atoms with Crippen molar-refractivity contribution in [2.45, 2.75) is 270 Å². The molecule has 0 radical (unpaired) electrons. The van der Waals surface area contributed by atoms with E-state index in [9.17, 15) is 19.8 Å². The summed E-state index contributed by atoms with van der Waals surface area (Å²) >= 11 is 0. The van der Waals surface area contributed by atoms with E-state index >= 15 is 0 Å². The summed E-state index contributed by atoms with van der Waals surface area (Å²) in [5.41, 5.74) is 0. The number of carbonyl (C=O) groups is 2. The van der Waals surface area contributed by atoms with Gasteiger partial charge in [0, 0.05) is 6.42 Å². The van der Waals surface area contributed by atoms with Crippen molar-refractivity contribution in [3.05, 3.63) is 72.9 Å². The third-order valence-electron chi connectivity index (χ3n) is 11.9. The highest BCUT2D eigenvalue weighted by Crippen LogP contribution is 2.17. The number of rotatable bonds is 47. The van der Waals surface area contributed by atoms with Crippen LogP contribution in [0.15, 0.2) is 72.9 Å². The van der Waals surface area contributed by atoms with Crippen LogP contribution in [0.3, 0.4) is 0 Å². The molecule has 63 heavy (non-hydrogen) atoms. The largest absolute Gasteiger partial charge is 0.462 e. The lowest BCUT2D eigenvalue weighted by Gasteiger charge is -2.24. The summed E-state index contributed by atoms with van der Waals surface area (Å²) in [5.74, 6) is -0.531. The Balaban J connectivity index is 4.70. The van der Waals surface area contributed by atoms with Crippen LogP contribution in [0.25, 0.3) is 0 Å². The molecule has 0 aromatic rings. The molecule has 0 aliphatic heterocycles. The fraction of sp³-hybridized carbons (Fsp3) is 0.754. The van der Waals surface area contributed by atoms with Gasteiger partial charge in [-0.15, -0.1) is 0 Å². The van der Waals surface area contributed by atoms with Crippen molar-refractivity contribution in [3.63, 3.8) is 0 Å². The highest BCUT2D eigenvalue weighted by Gasteiger charge is 2.24. The molecule has 364 valence electrons. The van der Waals surface area contributed by atoms with Crippen LogP contribution < -0.4 is 5.32 Å². The second-order valence-corrected chi connectivity index (χ2v) is 18.0. The molecule has 3 atom stereocenters. The van der Waals surface area contributed by atoms with Crippen LogP contribution in [0.2, 0.25) is 0 Å². The monoisotopic (exact) mass is 880 g/mol. The fourth-order valence-electron chi connectivity index (χ4n) is 7.79. The van der Waals surface area contributed by atoms with E-state index in [1.165, 1.54) is 116 Å². The van der Waals surface area contributed by atoms with Crippen LogP contribution in [0.1, 0.15) is 252 Å². The topological polar surface area (TPSA) is 95.9 Å². The molecule has 0 heterocycles. The maximum absolute atomic E-state index is 13.2. The number of amides is 1. The third-order valence-corrected chi connectivity index (χ3v) is 11.9. The molecule has 0 saturated carbocycles. The zero-order valence-corrected chi connectivity index (χ0v) is 41.4. The number of nitrogens with one attached hydrogen (secondary N) is 1. The molecule has 0 aromatic heterocycles. The van der Waals surface area contributed by atoms with Gasteiger partial charge in [-0.3, -0.25) is 9.59 Å². The average Bonchev–Trinajstić information content (AvgIpc) is 3.28. The summed E-state index contributed by atoms with van der Waals surface area (Å²) in [6.07, 6.45) is 63.9. The second-order valence-electron chi connectivity index (χ2n) is 18.0. The molecule has 6 nitrogen and oxygen atoms in total. The number of aliphatic hydroxyl groups is 2. The van der Waals surface area contributed by atoms with Gasteiger partial charge < -0.3 is 20.3 Å². The van der Waals surface area contributed by atoms with Crippen molar-refractivity contribution in [3.8, 4) is 0 Å². The van der Waals surface area contributed by atoms with Gasteiger partial charge in [0.15, 0.2) is 0 Å². The quantitative estimate of drug-likeness (QED) is 0.0321. The Morgan fingerprint density at radius 3 is 1.22 bits per heavy atom. The number of allylic oxidation sites excluding steroid dienone is 12. The van der Waals surface area contributed by atoms with E-state index in [0.29, 0.717) is 19.3 Å². The number of carbonyl (C=O) groups excluding carboxylic acids is 2. The van der Waals surface area contributed by atoms with Gasteiger partial charge >= 0.3 is 5.97 Å². The summed E-state index contributed by atoms with van der Waals surface area (Å²) < 4.78 is 5.92. The molecule has 0 saturated heterocycles. The standard InChI is InChI=1S/C57H101NO5/c1-4-7-10-13-16-19-22-24-26-28-29-31-33-35-38-41-44-47-50-57(62)63-53(48-45-42-39-36-34-32-30-27-25-23-20-17-14-11-8-5-2)51-56(61)58-54(52-59)55(60)49-46-43-40-37-21-18-15-12-9-6-3/h22-32,34,53-55,59-60H,4-21,33,35-52H2,1-3H3,(H,58,61)/b24-22+,25-23+,28-26+,30-27+,31-29+,34-32+. The molecule has 0 aromatic carbocycles. The van der Waals surface area contributed by atoms with Gasteiger partial charge in [0.2, 0.25) is 5.91 Å². The normalized spacial score (nSPS) is 13.8. The van der Waals surface area contributed by atoms with Crippen molar-refractivity contribution in [1.29, 1.82) is 0 Å². The van der Waals surface area contributed by atoms with Crippen molar-refractivity contribution in [2.24, 2.45) is 0 Å². The van der Waals surface area contributed by atoms with Crippen LogP contribution >= 0.6 is 0 Å². The van der Waals surface area contributed by atoms with E-state index in [1.54, 1.807) is 0 Å². The molecule has 0 aliphatic rings. The van der Waals surface area contributed by atoms with Gasteiger partial charge in [0.05, 0.1) is 25.2 Å². The van der Waals surface area contributed by atoms with E-state index in [1.807, 2.05) is 0 Å². The summed E-state index contributed by atoms with van der Waals surface area (Å²) in [7, 11) is 0. The number of unbranched alkanes of at least 4 members (excludes halogenated alkanes) is 27. The fourth-order valence-corrected chi connectivity index (χ4v) is 7.79. The van der Waals surface area contributed by atoms with Gasteiger partial charge in [-0.1, -0.05) is 235 Å². The van der Waals surface area contributed by atoms with E-state index in [-0.39, 0.29) is 24.9 Å². The number of ether oxygens (including phenoxy) is 1. The minimum atomic E-state index is -0.803. The SMILES string of the molecule is CCCCCCC/C=C/C=C/C=C/CCCCCCCC(=O)OC(CCCCC/C=C/C=C/C=C/CCCCCCC)CC(=O)NC(CO)C(O)CCCCCCCCCCCC. The first-order chi connectivity index (χ1) is 31.0. The summed E-state index contributed by atoms with van der Waals surface area (Å²) in [5, 5.41) is 23.7. The zero-order valence-electron chi connectivity index (χ0n) is 41.4. The van der Waals surface area contributed by atoms with Crippen molar-refractivity contribution in [1.82, 2.24) is 5.32 Å². The molecular formula is C57H101NO5. The molecule has 0 rings (SSSR count). The lowest BCUT2D eigenvalue weighted by Crippen LogP contribution is -2.46. The smallest absolute Gasteiger partial charge is 0.306 e.